The number of likely N-dealkylation sites (N-methyl/N-ethyl adjacent to an activating group) is 2. The summed E-state index contributed by atoms with van der Waals surface area (Å²) in [4.78, 5) is 30.2. The van der Waals surface area contributed by atoms with Crippen LogP contribution >= 0.6 is 0 Å². The van der Waals surface area contributed by atoms with Crippen molar-refractivity contribution in [2.24, 2.45) is 0 Å². The van der Waals surface area contributed by atoms with Gasteiger partial charge in [-0.15, -0.1) is 0 Å². The van der Waals surface area contributed by atoms with E-state index in [-0.39, 0.29) is 12.2 Å². The molecule has 0 fully saturated rings. The number of esters is 2. The van der Waals surface area contributed by atoms with Crippen molar-refractivity contribution >= 4 is 11.9 Å². The minimum Gasteiger partial charge on any atom is -0.493 e. The average Bonchev–Trinajstić information content (AvgIpc) is 3.04. The fourth-order valence-electron chi connectivity index (χ4n) is 4.56. The first-order chi connectivity index (χ1) is 21.1. The van der Waals surface area contributed by atoms with Gasteiger partial charge in [0.25, 0.3) is 0 Å². The highest BCUT2D eigenvalue weighted by Gasteiger charge is 2.23. The third-order valence-corrected chi connectivity index (χ3v) is 7.15. The van der Waals surface area contributed by atoms with Gasteiger partial charge in [0.15, 0.2) is 23.0 Å². The second kappa shape index (κ2) is 18.0. The Morgan fingerprint density at radius 1 is 0.568 bits per heavy atom. The van der Waals surface area contributed by atoms with Crippen LogP contribution in [-0.4, -0.2) is 117 Å². The predicted molar refractivity (Wildman–Crippen MR) is 166 cm³/mol. The number of hydrogen-bond donors (Lipinski definition) is 0. The van der Waals surface area contributed by atoms with Gasteiger partial charge in [0, 0.05) is 26.2 Å². The second-order valence-corrected chi connectivity index (χ2v) is 10.2. The summed E-state index contributed by atoms with van der Waals surface area (Å²) in [6.07, 6.45) is 0.649. The van der Waals surface area contributed by atoms with Gasteiger partial charge in [-0.05, 0) is 51.2 Å². The summed E-state index contributed by atoms with van der Waals surface area (Å²) < 4.78 is 43.8. The van der Waals surface area contributed by atoms with Crippen LogP contribution in [0.15, 0.2) is 24.3 Å². The molecule has 0 aliphatic heterocycles. The van der Waals surface area contributed by atoms with Gasteiger partial charge < -0.3 is 47.7 Å². The smallest absolute Gasteiger partial charge is 0.338 e. The van der Waals surface area contributed by atoms with Gasteiger partial charge in [-0.3, -0.25) is 0 Å². The Labute approximate surface area is 261 Å². The Kier molecular flexibility index (Phi) is 14.9. The highest BCUT2D eigenvalue weighted by Crippen LogP contribution is 2.39. The van der Waals surface area contributed by atoms with E-state index in [0.717, 1.165) is 0 Å². The van der Waals surface area contributed by atoms with Crippen LogP contribution in [0.1, 0.15) is 47.4 Å². The number of carbonyl (C=O) groups excluding carboxylic acids is 2. The summed E-state index contributed by atoms with van der Waals surface area (Å²) in [5.74, 6) is 1.39. The van der Waals surface area contributed by atoms with E-state index in [2.05, 4.69) is 9.80 Å². The van der Waals surface area contributed by atoms with Crippen LogP contribution in [-0.2, 0) is 9.47 Å². The van der Waals surface area contributed by atoms with Crippen molar-refractivity contribution in [1.29, 1.82) is 0 Å². The van der Waals surface area contributed by atoms with Crippen molar-refractivity contribution in [2.75, 3.05) is 82.9 Å². The number of nitrogens with zero attached hydrogens (tertiary/aromatic N) is 2. The molecule has 0 unspecified atom stereocenters. The molecule has 12 heteroatoms. The van der Waals surface area contributed by atoms with E-state index >= 15 is 0 Å². The van der Waals surface area contributed by atoms with E-state index in [9.17, 15) is 9.59 Å². The lowest BCUT2D eigenvalue weighted by Crippen LogP contribution is -2.39. The standard InChI is InChI=1S/C32H48N2O10/c1-11-23(43-31(35)21-15-25(37-5)29(41-9)26(16-21)38-6)19-33(3)13-14-34(4)20-24(12-2)44-32(36)22-17-27(39-7)30(42-10)28(18-22)40-8/h15-18,23-24H,11-14,19-20H2,1-10H3/t23-,24-/m0/s1. The largest absolute Gasteiger partial charge is 0.493 e. The molecular formula is C32H48N2O10. The molecule has 0 amide bonds. The zero-order valence-corrected chi connectivity index (χ0v) is 27.7. The van der Waals surface area contributed by atoms with Gasteiger partial charge in [-0.25, -0.2) is 9.59 Å². The third kappa shape index (κ3) is 9.81. The molecule has 2 aromatic rings. The van der Waals surface area contributed by atoms with Crippen LogP contribution < -0.4 is 28.4 Å². The Morgan fingerprint density at radius 3 is 1.09 bits per heavy atom. The van der Waals surface area contributed by atoms with Crippen LogP contribution in [0.4, 0.5) is 0 Å². The Bertz CT molecular complexity index is 1080. The van der Waals surface area contributed by atoms with Gasteiger partial charge in [-0.1, -0.05) is 13.8 Å². The molecule has 0 N–H and O–H groups in total. The molecule has 2 rings (SSSR count). The number of hydrogen-bond acceptors (Lipinski definition) is 12. The fourth-order valence-corrected chi connectivity index (χ4v) is 4.56. The molecular weight excluding hydrogens is 572 g/mol. The summed E-state index contributed by atoms with van der Waals surface area (Å²) in [5, 5.41) is 0. The number of carbonyl (C=O) groups is 2. The third-order valence-electron chi connectivity index (χ3n) is 7.15. The van der Waals surface area contributed by atoms with Crippen LogP contribution in [0.5, 0.6) is 34.5 Å². The lowest BCUT2D eigenvalue weighted by atomic mass is 10.1. The van der Waals surface area contributed by atoms with E-state index in [4.69, 9.17) is 37.9 Å². The maximum Gasteiger partial charge on any atom is 0.338 e. The topological polar surface area (TPSA) is 114 Å². The summed E-state index contributed by atoms with van der Waals surface area (Å²) in [7, 11) is 12.9. The Morgan fingerprint density at radius 2 is 0.864 bits per heavy atom. The van der Waals surface area contributed by atoms with E-state index in [0.29, 0.717) is 84.6 Å². The molecule has 0 spiro atoms. The van der Waals surface area contributed by atoms with E-state index in [1.165, 1.54) is 42.7 Å². The second-order valence-electron chi connectivity index (χ2n) is 10.2. The molecule has 12 nitrogen and oxygen atoms in total. The highest BCUT2D eigenvalue weighted by atomic mass is 16.6. The van der Waals surface area contributed by atoms with Gasteiger partial charge in [0.05, 0.1) is 53.8 Å². The minimum absolute atomic E-state index is 0.312. The first kappa shape index (κ1) is 36.3. The van der Waals surface area contributed by atoms with Crippen molar-refractivity contribution in [2.45, 2.75) is 38.9 Å². The maximum atomic E-state index is 13.0. The number of methoxy groups -OCH3 is 6. The SMILES string of the molecule is CC[C@@H](CN(C)CCN(C)C[C@H](CC)OC(=O)c1cc(OC)c(OC)c(OC)c1)OC(=O)c1cc(OC)c(OC)c(OC)c1. The lowest BCUT2D eigenvalue weighted by Gasteiger charge is -2.27. The monoisotopic (exact) mass is 620 g/mol. The first-order valence-electron chi connectivity index (χ1n) is 14.5. The average molecular weight is 621 g/mol. The van der Waals surface area contributed by atoms with Crippen LogP contribution in [0, 0.1) is 0 Å². The number of ether oxygens (including phenoxy) is 8. The maximum absolute atomic E-state index is 13.0. The molecule has 0 saturated heterocycles. The van der Waals surface area contributed by atoms with Gasteiger partial charge in [0.2, 0.25) is 11.5 Å². The predicted octanol–water partition coefficient (Wildman–Crippen LogP) is 4.17. The lowest BCUT2D eigenvalue weighted by molar-refractivity contribution is 0.0162. The van der Waals surface area contributed by atoms with Crippen molar-refractivity contribution in [3.8, 4) is 34.5 Å². The van der Waals surface area contributed by atoms with Gasteiger partial charge >= 0.3 is 11.9 Å². The minimum atomic E-state index is -0.471. The van der Waals surface area contributed by atoms with Gasteiger partial charge in [0.1, 0.15) is 12.2 Å². The van der Waals surface area contributed by atoms with E-state index in [1.807, 2.05) is 27.9 Å². The molecule has 0 aliphatic carbocycles. The van der Waals surface area contributed by atoms with Crippen molar-refractivity contribution in [3.05, 3.63) is 35.4 Å². The summed E-state index contributed by atoms with van der Waals surface area (Å²) in [6.45, 7) is 6.47. The zero-order chi connectivity index (χ0) is 32.8. The molecule has 0 bridgehead atoms. The Balaban J connectivity index is 1.93. The molecule has 0 radical (unpaired) electrons. The first-order valence-corrected chi connectivity index (χ1v) is 14.5. The quantitative estimate of drug-likeness (QED) is 0.210. The molecule has 0 aliphatic rings. The van der Waals surface area contributed by atoms with E-state index in [1.54, 1.807) is 24.3 Å². The van der Waals surface area contributed by atoms with Crippen LogP contribution in [0.2, 0.25) is 0 Å². The van der Waals surface area contributed by atoms with Crippen molar-refractivity contribution < 1.29 is 47.5 Å². The zero-order valence-electron chi connectivity index (χ0n) is 27.7. The van der Waals surface area contributed by atoms with Gasteiger partial charge in [-0.2, -0.15) is 0 Å². The highest BCUT2D eigenvalue weighted by molar-refractivity contribution is 5.92. The molecule has 246 valence electrons. The fraction of sp³-hybridized carbons (Fsp3) is 0.562. The van der Waals surface area contributed by atoms with Crippen LogP contribution in [0.25, 0.3) is 0 Å². The Hall–Kier alpha value is -3.90. The normalized spacial score (nSPS) is 12.4. The molecule has 2 aromatic carbocycles. The summed E-state index contributed by atoms with van der Waals surface area (Å²) in [5.41, 5.74) is 0.624. The van der Waals surface area contributed by atoms with Crippen molar-refractivity contribution in [1.82, 2.24) is 9.80 Å². The molecule has 2 atom stereocenters. The number of benzene rings is 2. The molecule has 0 aromatic heterocycles. The molecule has 0 heterocycles. The molecule has 44 heavy (non-hydrogen) atoms. The summed E-state index contributed by atoms with van der Waals surface area (Å²) in [6, 6.07) is 6.31. The number of rotatable bonds is 19. The van der Waals surface area contributed by atoms with Crippen LogP contribution in [0.3, 0.4) is 0 Å². The van der Waals surface area contributed by atoms with Crippen molar-refractivity contribution in [3.63, 3.8) is 0 Å². The summed E-state index contributed by atoms with van der Waals surface area (Å²) >= 11 is 0. The van der Waals surface area contributed by atoms with E-state index < -0.39 is 11.9 Å². The molecule has 0 saturated carbocycles.